The van der Waals surface area contributed by atoms with Gasteiger partial charge < -0.3 is 5.32 Å². The zero-order valence-electron chi connectivity index (χ0n) is 9.33. The summed E-state index contributed by atoms with van der Waals surface area (Å²) in [6.07, 6.45) is 0. The third-order valence-corrected chi connectivity index (χ3v) is 6.36. The predicted octanol–water partition coefficient (Wildman–Crippen LogP) is 3.66. The summed E-state index contributed by atoms with van der Waals surface area (Å²) in [6, 6.07) is 10.7. The highest BCUT2D eigenvalue weighted by atomic mass is 35.5. The van der Waals surface area contributed by atoms with Crippen molar-refractivity contribution in [1.29, 1.82) is 0 Å². The number of halogens is 1. The van der Waals surface area contributed by atoms with Crippen molar-refractivity contribution in [3.05, 3.63) is 40.7 Å². The van der Waals surface area contributed by atoms with Gasteiger partial charge in [0, 0.05) is 5.69 Å². The van der Waals surface area contributed by atoms with Crippen molar-refractivity contribution >= 4 is 55.6 Å². The molecule has 2 aromatic rings. The fourth-order valence-corrected chi connectivity index (χ4v) is 6.01. The van der Waals surface area contributed by atoms with E-state index in [2.05, 4.69) is 9.71 Å². The molecule has 0 unspecified atom stereocenters. The predicted molar refractivity (Wildman–Crippen MR) is 79.9 cm³/mol. The van der Waals surface area contributed by atoms with Crippen LogP contribution in [0.5, 0.6) is 0 Å². The zero-order valence-corrected chi connectivity index (χ0v) is 12.5. The molecule has 0 aliphatic carbocycles. The van der Waals surface area contributed by atoms with Gasteiger partial charge in [-0.15, -0.1) is 15.7 Å². The van der Waals surface area contributed by atoms with E-state index in [4.69, 9.17) is 11.6 Å². The average molecular weight is 331 g/mol. The van der Waals surface area contributed by atoms with E-state index in [1.807, 2.05) is 30.3 Å². The van der Waals surface area contributed by atoms with Crippen molar-refractivity contribution < 1.29 is 8.42 Å². The molecule has 0 fully saturated rings. The summed E-state index contributed by atoms with van der Waals surface area (Å²) in [5.41, 5.74) is 0.787. The number of rotatable bonds is 1. The molecule has 1 N–H and O–H groups in total. The van der Waals surface area contributed by atoms with Crippen LogP contribution in [-0.4, -0.2) is 13.6 Å². The van der Waals surface area contributed by atoms with Crippen LogP contribution < -0.4 is 5.32 Å². The van der Waals surface area contributed by atoms with E-state index in [0.29, 0.717) is 13.7 Å². The first-order chi connectivity index (χ1) is 9.04. The molecule has 0 amide bonds. The van der Waals surface area contributed by atoms with Crippen LogP contribution in [0.3, 0.4) is 0 Å². The van der Waals surface area contributed by atoms with E-state index in [9.17, 15) is 8.42 Å². The van der Waals surface area contributed by atoms with Crippen LogP contribution in [0.1, 0.15) is 0 Å². The highest BCUT2D eigenvalue weighted by Gasteiger charge is 2.28. The molecule has 19 heavy (non-hydrogen) atoms. The summed E-state index contributed by atoms with van der Waals surface area (Å²) < 4.78 is 28.8. The lowest BCUT2D eigenvalue weighted by Gasteiger charge is -2.13. The number of amidine groups is 1. The number of fused-ring (bicyclic) bond motifs is 1. The molecule has 8 heteroatoms. The highest BCUT2D eigenvalue weighted by molar-refractivity contribution is 8.17. The van der Waals surface area contributed by atoms with Gasteiger partial charge in [0.15, 0.2) is 5.17 Å². The van der Waals surface area contributed by atoms with E-state index in [1.54, 1.807) is 0 Å². The number of benzene rings is 1. The third kappa shape index (κ3) is 2.64. The second-order valence-electron chi connectivity index (χ2n) is 3.67. The lowest BCUT2D eigenvalue weighted by molar-refractivity contribution is 0.596. The molecule has 0 atom stereocenters. The molecule has 98 valence electrons. The summed E-state index contributed by atoms with van der Waals surface area (Å²) in [7, 11) is -3.66. The summed E-state index contributed by atoms with van der Waals surface area (Å²) in [4.78, 5) is 0.186. The van der Waals surface area contributed by atoms with Gasteiger partial charge in [0.25, 0.3) is 10.0 Å². The Balaban J connectivity index is 1.96. The van der Waals surface area contributed by atoms with Gasteiger partial charge >= 0.3 is 0 Å². The molecule has 1 aliphatic heterocycles. The summed E-state index contributed by atoms with van der Waals surface area (Å²) in [5.74, 6) is 0. The van der Waals surface area contributed by atoms with Gasteiger partial charge in [-0.05, 0) is 30.0 Å². The Morgan fingerprint density at radius 1 is 1.21 bits per heavy atom. The molecule has 0 spiro atoms. The van der Waals surface area contributed by atoms with Crippen LogP contribution >= 0.6 is 34.7 Å². The van der Waals surface area contributed by atoms with Gasteiger partial charge in [0.05, 0.1) is 8.55 Å². The molecule has 0 saturated heterocycles. The standard InChI is InChI=1S/C11H7ClN2O2S3/c12-9-6-8-10(17-9)18-11(14-19(8,15)16)13-7-4-2-1-3-5-7/h1-6H,(H,13,14). The normalized spacial score (nSPS) is 16.6. The first kappa shape index (κ1) is 13.0. The van der Waals surface area contributed by atoms with Crippen molar-refractivity contribution in [2.45, 2.75) is 9.10 Å². The maximum atomic E-state index is 12.0. The van der Waals surface area contributed by atoms with Crippen LogP contribution in [0, 0.1) is 0 Å². The molecule has 0 radical (unpaired) electrons. The molecule has 1 aromatic heterocycles. The molecule has 2 heterocycles. The number of nitrogens with zero attached hydrogens (tertiary/aromatic N) is 1. The van der Waals surface area contributed by atoms with Crippen LogP contribution in [0.4, 0.5) is 5.69 Å². The van der Waals surface area contributed by atoms with Crippen LogP contribution in [-0.2, 0) is 10.0 Å². The van der Waals surface area contributed by atoms with E-state index in [0.717, 1.165) is 5.69 Å². The zero-order chi connectivity index (χ0) is 13.5. The molecule has 0 bridgehead atoms. The molecular formula is C11H7ClN2O2S3. The SMILES string of the molecule is O=S1(=O)N=C(Nc2ccccc2)Sc2sc(Cl)cc21. The van der Waals surface area contributed by atoms with E-state index >= 15 is 0 Å². The maximum Gasteiger partial charge on any atom is 0.286 e. The minimum absolute atomic E-state index is 0.186. The number of sulfonamides is 1. The summed E-state index contributed by atoms with van der Waals surface area (Å²) in [5, 5.41) is 3.31. The Morgan fingerprint density at radius 3 is 2.68 bits per heavy atom. The van der Waals surface area contributed by atoms with Gasteiger partial charge in [-0.3, -0.25) is 0 Å². The Labute approximate surface area is 123 Å². The van der Waals surface area contributed by atoms with E-state index in [1.165, 1.54) is 29.2 Å². The van der Waals surface area contributed by atoms with Crippen LogP contribution in [0.2, 0.25) is 4.34 Å². The number of thiophene rings is 1. The molecule has 4 nitrogen and oxygen atoms in total. The molecule has 1 aliphatic rings. The number of thioether (sulfide) groups is 1. The lowest BCUT2D eigenvalue weighted by Crippen LogP contribution is -2.14. The molecular weight excluding hydrogens is 324 g/mol. The first-order valence-corrected chi connectivity index (χ1v) is 8.64. The van der Waals surface area contributed by atoms with Gasteiger partial charge in [0.2, 0.25) is 0 Å². The third-order valence-electron chi connectivity index (χ3n) is 2.33. The topological polar surface area (TPSA) is 58.5 Å². The van der Waals surface area contributed by atoms with Crippen molar-refractivity contribution in [3.63, 3.8) is 0 Å². The Hall–Kier alpha value is -1.02. The van der Waals surface area contributed by atoms with Crippen LogP contribution in [0.25, 0.3) is 0 Å². The van der Waals surface area contributed by atoms with Crippen molar-refractivity contribution in [2.75, 3.05) is 5.32 Å². The number of para-hydroxylation sites is 1. The Morgan fingerprint density at radius 2 is 1.95 bits per heavy atom. The second kappa shape index (κ2) is 4.82. The smallest absolute Gasteiger partial charge is 0.286 e. The van der Waals surface area contributed by atoms with Crippen molar-refractivity contribution in [3.8, 4) is 0 Å². The average Bonchev–Trinajstić information content (AvgIpc) is 2.71. The second-order valence-corrected chi connectivity index (χ2v) is 8.18. The fraction of sp³-hybridized carbons (Fsp3) is 0. The minimum Gasteiger partial charge on any atom is -0.334 e. The summed E-state index contributed by atoms with van der Waals surface area (Å²) in [6.45, 7) is 0. The van der Waals surface area contributed by atoms with Gasteiger partial charge in [-0.25, -0.2) is 0 Å². The monoisotopic (exact) mass is 330 g/mol. The number of hydrogen-bond donors (Lipinski definition) is 1. The largest absolute Gasteiger partial charge is 0.334 e. The van der Waals surface area contributed by atoms with Gasteiger partial charge in [0.1, 0.15) is 4.90 Å². The van der Waals surface area contributed by atoms with Crippen molar-refractivity contribution in [1.82, 2.24) is 0 Å². The van der Waals surface area contributed by atoms with Gasteiger partial charge in [-0.1, -0.05) is 29.8 Å². The van der Waals surface area contributed by atoms with E-state index in [-0.39, 0.29) is 4.90 Å². The highest BCUT2D eigenvalue weighted by Crippen LogP contribution is 2.42. The molecule has 1 aromatic carbocycles. The first-order valence-electron chi connectivity index (χ1n) is 5.19. The maximum absolute atomic E-state index is 12.0. The van der Waals surface area contributed by atoms with Crippen molar-refractivity contribution in [2.24, 2.45) is 4.40 Å². The summed E-state index contributed by atoms with van der Waals surface area (Å²) >= 11 is 8.36. The molecule has 3 rings (SSSR count). The Bertz CT molecular complexity index is 754. The Kier molecular flexibility index (Phi) is 3.30. The fourth-order valence-electron chi connectivity index (χ4n) is 1.54. The number of hydrogen-bond acceptors (Lipinski definition) is 5. The lowest BCUT2D eigenvalue weighted by atomic mass is 10.3. The minimum atomic E-state index is -3.66. The van der Waals surface area contributed by atoms with Crippen LogP contribution in [0.15, 0.2) is 49.9 Å². The van der Waals surface area contributed by atoms with E-state index < -0.39 is 10.0 Å². The number of nitrogens with one attached hydrogen (secondary N) is 1. The molecule has 0 saturated carbocycles. The number of anilines is 1. The van der Waals surface area contributed by atoms with Gasteiger partial charge in [-0.2, -0.15) is 8.42 Å². The quantitative estimate of drug-likeness (QED) is 0.866.